The van der Waals surface area contributed by atoms with Crippen molar-refractivity contribution in [3.8, 4) is 0 Å². The second-order valence-corrected chi connectivity index (χ2v) is 3.72. The highest BCUT2D eigenvalue weighted by atomic mass is 15.4. The van der Waals surface area contributed by atoms with Crippen molar-refractivity contribution in [3.63, 3.8) is 0 Å². The van der Waals surface area contributed by atoms with Gasteiger partial charge in [-0.3, -0.25) is 0 Å². The molecule has 4 heteroatoms. The monoisotopic (exact) mass is 196 g/mol. The molecule has 1 aromatic heterocycles. The molecule has 80 valence electrons. The SMILES string of the molecule is CCc1nc(C(C)C)n(CCNC)n1. The summed E-state index contributed by atoms with van der Waals surface area (Å²) in [6, 6.07) is 0. The van der Waals surface area contributed by atoms with Gasteiger partial charge in [-0.2, -0.15) is 5.10 Å². The van der Waals surface area contributed by atoms with E-state index in [0.717, 1.165) is 31.2 Å². The van der Waals surface area contributed by atoms with Crippen LogP contribution in [0.4, 0.5) is 0 Å². The van der Waals surface area contributed by atoms with Gasteiger partial charge in [0.2, 0.25) is 0 Å². The van der Waals surface area contributed by atoms with Crippen LogP contribution in [0, 0.1) is 0 Å². The number of hydrogen-bond acceptors (Lipinski definition) is 3. The van der Waals surface area contributed by atoms with Gasteiger partial charge in [-0.05, 0) is 7.05 Å². The normalized spacial score (nSPS) is 11.2. The predicted octanol–water partition coefficient (Wildman–Crippen LogP) is 1.18. The molecule has 0 aromatic carbocycles. The third kappa shape index (κ3) is 2.54. The zero-order valence-electron chi connectivity index (χ0n) is 9.54. The summed E-state index contributed by atoms with van der Waals surface area (Å²) in [6.45, 7) is 8.23. The van der Waals surface area contributed by atoms with E-state index in [9.17, 15) is 0 Å². The Hall–Kier alpha value is -0.900. The molecule has 0 radical (unpaired) electrons. The fourth-order valence-corrected chi connectivity index (χ4v) is 1.36. The topological polar surface area (TPSA) is 42.7 Å². The molecule has 14 heavy (non-hydrogen) atoms. The van der Waals surface area contributed by atoms with Crippen molar-refractivity contribution in [2.75, 3.05) is 13.6 Å². The molecule has 0 aliphatic heterocycles. The number of hydrogen-bond donors (Lipinski definition) is 1. The highest BCUT2D eigenvalue weighted by Gasteiger charge is 2.11. The van der Waals surface area contributed by atoms with E-state index in [1.165, 1.54) is 0 Å². The molecule has 0 atom stereocenters. The van der Waals surface area contributed by atoms with Crippen LogP contribution in [0.1, 0.15) is 38.3 Å². The van der Waals surface area contributed by atoms with Crippen molar-refractivity contribution in [2.45, 2.75) is 39.7 Å². The quantitative estimate of drug-likeness (QED) is 0.769. The molecule has 1 rings (SSSR count). The molecule has 1 N–H and O–H groups in total. The summed E-state index contributed by atoms with van der Waals surface area (Å²) < 4.78 is 2.01. The predicted molar refractivity (Wildman–Crippen MR) is 57.4 cm³/mol. The van der Waals surface area contributed by atoms with Crippen molar-refractivity contribution >= 4 is 0 Å². The Kier molecular flexibility index (Phi) is 4.07. The molecule has 0 bridgehead atoms. The summed E-state index contributed by atoms with van der Waals surface area (Å²) in [5.41, 5.74) is 0. The molecule has 4 nitrogen and oxygen atoms in total. The van der Waals surface area contributed by atoms with E-state index in [4.69, 9.17) is 0 Å². The van der Waals surface area contributed by atoms with Gasteiger partial charge in [0.15, 0.2) is 5.82 Å². The first-order valence-electron chi connectivity index (χ1n) is 5.27. The first-order chi connectivity index (χ1) is 6.69. The smallest absolute Gasteiger partial charge is 0.150 e. The molecule has 0 aliphatic carbocycles. The van der Waals surface area contributed by atoms with E-state index < -0.39 is 0 Å². The van der Waals surface area contributed by atoms with E-state index >= 15 is 0 Å². The minimum atomic E-state index is 0.444. The number of rotatable bonds is 5. The van der Waals surface area contributed by atoms with Gasteiger partial charge in [0.1, 0.15) is 5.82 Å². The Balaban J connectivity index is 2.82. The van der Waals surface area contributed by atoms with Crippen molar-refractivity contribution in [1.82, 2.24) is 20.1 Å². The fourth-order valence-electron chi connectivity index (χ4n) is 1.36. The second kappa shape index (κ2) is 5.10. The molecule has 0 spiro atoms. The molecular formula is C10H20N4. The number of nitrogens with zero attached hydrogens (tertiary/aromatic N) is 3. The minimum absolute atomic E-state index is 0.444. The van der Waals surface area contributed by atoms with Gasteiger partial charge in [0, 0.05) is 18.9 Å². The first kappa shape index (κ1) is 11.2. The standard InChI is InChI=1S/C10H20N4/c1-5-9-12-10(8(2)3)14(13-9)7-6-11-4/h8,11H,5-7H2,1-4H3. The lowest BCUT2D eigenvalue weighted by atomic mass is 10.2. The summed E-state index contributed by atoms with van der Waals surface area (Å²) in [5.74, 6) is 2.49. The minimum Gasteiger partial charge on any atom is -0.318 e. The van der Waals surface area contributed by atoms with Crippen molar-refractivity contribution in [1.29, 1.82) is 0 Å². The molecular weight excluding hydrogens is 176 g/mol. The number of aryl methyl sites for hydroxylation is 1. The summed E-state index contributed by atoms with van der Waals surface area (Å²) in [6.07, 6.45) is 0.909. The largest absolute Gasteiger partial charge is 0.318 e. The molecule has 0 saturated heterocycles. The zero-order chi connectivity index (χ0) is 10.6. The summed E-state index contributed by atoms with van der Waals surface area (Å²) >= 11 is 0. The van der Waals surface area contributed by atoms with Crippen molar-refractivity contribution < 1.29 is 0 Å². The lowest BCUT2D eigenvalue weighted by Gasteiger charge is -2.07. The van der Waals surface area contributed by atoms with Crippen LogP contribution >= 0.6 is 0 Å². The third-order valence-electron chi connectivity index (χ3n) is 2.15. The lowest BCUT2D eigenvalue weighted by molar-refractivity contribution is 0.539. The van der Waals surface area contributed by atoms with Gasteiger partial charge in [-0.25, -0.2) is 9.67 Å². The Morgan fingerprint density at radius 2 is 2.14 bits per heavy atom. The van der Waals surface area contributed by atoms with E-state index in [1.54, 1.807) is 0 Å². The Labute approximate surface area is 85.7 Å². The average molecular weight is 196 g/mol. The van der Waals surface area contributed by atoms with Crippen LogP contribution in [0.5, 0.6) is 0 Å². The Morgan fingerprint density at radius 3 is 2.64 bits per heavy atom. The van der Waals surface area contributed by atoms with Gasteiger partial charge in [0.05, 0.1) is 6.54 Å². The van der Waals surface area contributed by atoms with Crippen LogP contribution in [-0.2, 0) is 13.0 Å². The van der Waals surface area contributed by atoms with Crippen LogP contribution < -0.4 is 5.32 Å². The van der Waals surface area contributed by atoms with Crippen molar-refractivity contribution in [3.05, 3.63) is 11.6 Å². The Morgan fingerprint density at radius 1 is 1.43 bits per heavy atom. The maximum absolute atomic E-state index is 4.51. The fraction of sp³-hybridized carbons (Fsp3) is 0.800. The maximum Gasteiger partial charge on any atom is 0.150 e. The molecule has 0 fully saturated rings. The van der Waals surface area contributed by atoms with Crippen LogP contribution in [-0.4, -0.2) is 28.4 Å². The summed E-state index contributed by atoms with van der Waals surface area (Å²) in [7, 11) is 1.95. The number of aromatic nitrogens is 3. The zero-order valence-corrected chi connectivity index (χ0v) is 9.54. The maximum atomic E-state index is 4.51. The highest BCUT2D eigenvalue weighted by molar-refractivity contribution is 4.97. The highest BCUT2D eigenvalue weighted by Crippen LogP contribution is 2.11. The second-order valence-electron chi connectivity index (χ2n) is 3.72. The van der Waals surface area contributed by atoms with Crippen LogP contribution in [0.2, 0.25) is 0 Å². The lowest BCUT2D eigenvalue weighted by Crippen LogP contribution is -2.18. The van der Waals surface area contributed by atoms with Crippen LogP contribution in [0.25, 0.3) is 0 Å². The third-order valence-corrected chi connectivity index (χ3v) is 2.15. The molecule has 0 saturated carbocycles. The van der Waals surface area contributed by atoms with E-state index in [0.29, 0.717) is 5.92 Å². The van der Waals surface area contributed by atoms with Gasteiger partial charge >= 0.3 is 0 Å². The van der Waals surface area contributed by atoms with Crippen LogP contribution in [0.15, 0.2) is 0 Å². The molecule has 1 aromatic rings. The molecule has 1 heterocycles. The van der Waals surface area contributed by atoms with Gasteiger partial charge in [-0.1, -0.05) is 20.8 Å². The summed E-state index contributed by atoms with van der Waals surface area (Å²) in [5, 5.41) is 7.57. The van der Waals surface area contributed by atoms with Crippen LogP contribution in [0.3, 0.4) is 0 Å². The molecule has 0 unspecified atom stereocenters. The van der Waals surface area contributed by atoms with E-state index in [2.05, 4.69) is 36.2 Å². The van der Waals surface area contributed by atoms with E-state index in [1.807, 2.05) is 11.7 Å². The van der Waals surface area contributed by atoms with Gasteiger partial charge in [0.25, 0.3) is 0 Å². The molecule has 0 amide bonds. The average Bonchev–Trinajstić information content (AvgIpc) is 2.58. The van der Waals surface area contributed by atoms with Crippen molar-refractivity contribution in [2.24, 2.45) is 0 Å². The molecule has 0 aliphatic rings. The number of nitrogens with one attached hydrogen (secondary N) is 1. The van der Waals surface area contributed by atoms with Gasteiger partial charge < -0.3 is 5.32 Å². The Bertz CT molecular complexity index is 278. The van der Waals surface area contributed by atoms with E-state index in [-0.39, 0.29) is 0 Å². The summed E-state index contributed by atoms with van der Waals surface area (Å²) in [4.78, 5) is 4.51. The first-order valence-corrected chi connectivity index (χ1v) is 5.27. The number of likely N-dealkylation sites (N-methyl/N-ethyl adjacent to an activating group) is 1. The van der Waals surface area contributed by atoms with Gasteiger partial charge in [-0.15, -0.1) is 0 Å².